The van der Waals surface area contributed by atoms with Gasteiger partial charge in [-0.05, 0) is 61.7 Å². The number of anilines is 1. The number of ether oxygens (including phenoxy) is 2. The molecular formula is C25H27N3O6S. The summed E-state index contributed by atoms with van der Waals surface area (Å²) >= 11 is 0. The van der Waals surface area contributed by atoms with Gasteiger partial charge in [-0.15, -0.1) is 0 Å². The Morgan fingerprint density at radius 1 is 1.06 bits per heavy atom. The summed E-state index contributed by atoms with van der Waals surface area (Å²) in [5.74, 6) is 1.23. The minimum atomic E-state index is -3.58. The van der Waals surface area contributed by atoms with Gasteiger partial charge in [-0.1, -0.05) is 18.5 Å². The van der Waals surface area contributed by atoms with E-state index >= 15 is 0 Å². The maximum atomic E-state index is 13.1. The summed E-state index contributed by atoms with van der Waals surface area (Å²) in [7, 11) is -3.58. The highest BCUT2D eigenvalue weighted by Gasteiger charge is 2.32. The zero-order valence-electron chi connectivity index (χ0n) is 19.4. The van der Waals surface area contributed by atoms with Crippen molar-refractivity contribution in [1.82, 2.24) is 9.46 Å². The summed E-state index contributed by atoms with van der Waals surface area (Å²) in [4.78, 5) is 12.9. The summed E-state index contributed by atoms with van der Waals surface area (Å²) in [5.41, 5.74) is 1.27. The van der Waals surface area contributed by atoms with Gasteiger partial charge in [0.2, 0.25) is 10.0 Å². The third-order valence-electron chi connectivity index (χ3n) is 6.33. The molecular weight excluding hydrogens is 470 g/mol. The summed E-state index contributed by atoms with van der Waals surface area (Å²) in [6, 6.07) is 13.2. The highest BCUT2D eigenvalue weighted by Crippen LogP contribution is 2.35. The smallest absolute Gasteiger partial charge is 0.277 e. The molecule has 2 aliphatic heterocycles. The van der Waals surface area contributed by atoms with Gasteiger partial charge in [-0.3, -0.25) is 4.79 Å². The highest BCUT2D eigenvalue weighted by atomic mass is 32.2. The van der Waals surface area contributed by atoms with Crippen molar-refractivity contribution >= 4 is 21.6 Å². The van der Waals surface area contributed by atoms with E-state index in [0.29, 0.717) is 48.3 Å². The van der Waals surface area contributed by atoms with Crippen molar-refractivity contribution in [3.8, 4) is 22.8 Å². The average Bonchev–Trinajstić information content (AvgIpc) is 3.39. The zero-order chi connectivity index (χ0) is 24.4. The number of carbonyl (C=O) groups is 1. The predicted molar refractivity (Wildman–Crippen MR) is 129 cm³/mol. The molecule has 1 saturated heterocycles. The van der Waals surface area contributed by atoms with Gasteiger partial charge in [0.15, 0.2) is 23.0 Å². The fourth-order valence-corrected chi connectivity index (χ4v) is 6.22. The van der Waals surface area contributed by atoms with E-state index in [2.05, 4.69) is 10.5 Å². The molecule has 0 radical (unpaired) electrons. The number of rotatable bonds is 6. The van der Waals surface area contributed by atoms with Gasteiger partial charge in [0, 0.05) is 29.9 Å². The second-order valence-electron chi connectivity index (χ2n) is 8.59. The fourth-order valence-electron chi connectivity index (χ4n) is 4.45. The van der Waals surface area contributed by atoms with Crippen molar-refractivity contribution in [2.45, 2.75) is 43.5 Å². The largest absolute Gasteiger partial charge is 0.486 e. The summed E-state index contributed by atoms with van der Waals surface area (Å²) in [5, 5.41) is 6.61. The average molecular weight is 498 g/mol. The molecule has 5 rings (SSSR count). The first-order chi connectivity index (χ1) is 17.0. The molecule has 184 valence electrons. The topological polar surface area (TPSA) is 111 Å². The number of hydrogen-bond donors (Lipinski definition) is 1. The lowest BCUT2D eigenvalue weighted by molar-refractivity contribution is 0.101. The molecule has 0 spiro atoms. The van der Waals surface area contributed by atoms with Gasteiger partial charge in [0.25, 0.3) is 5.91 Å². The molecule has 10 heteroatoms. The Kier molecular flexibility index (Phi) is 6.48. The lowest BCUT2D eigenvalue weighted by atomic mass is 10.0. The molecule has 9 nitrogen and oxygen atoms in total. The molecule has 1 fully saturated rings. The molecule has 0 saturated carbocycles. The number of piperidine rings is 1. The molecule has 35 heavy (non-hydrogen) atoms. The van der Waals surface area contributed by atoms with Crippen molar-refractivity contribution in [3.05, 3.63) is 54.2 Å². The van der Waals surface area contributed by atoms with E-state index in [0.717, 1.165) is 25.7 Å². The summed E-state index contributed by atoms with van der Waals surface area (Å²) in [6.07, 6.45) is 3.60. The predicted octanol–water partition coefficient (Wildman–Crippen LogP) is 4.32. The van der Waals surface area contributed by atoms with Crippen LogP contribution in [0.2, 0.25) is 0 Å². The molecule has 0 bridgehead atoms. The van der Waals surface area contributed by atoms with Crippen LogP contribution in [0, 0.1) is 0 Å². The van der Waals surface area contributed by atoms with Gasteiger partial charge in [-0.25, -0.2) is 8.42 Å². The Hall–Kier alpha value is -3.37. The van der Waals surface area contributed by atoms with Crippen molar-refractivity contribution < 1.29 is 27.2 Å². The first-order valence-electron chi connectivity index (χ1n) is 11.8. The molecule has 0 aliphatic carbocycles. The van der Waals surface area contributed by atoms with Gasteiger partial charge in [-0.2, -0.15) is 4.31 Å². The lowest BCUT2D eigenvalue weighted by Crippen LogP contribution is -2.43. The lowest BCUT2D eigenvalue weighted by Gasteiger charge is -2.34. The molecule has 1 atom stereocenters. The van der Waals surface area contributed by atoms with Gasteiger partial charge < -0.3 is 19.3 Å². The second kappa shape index (κ2) is 9.71. The third-order valence-corrected chi connectivity index (χ3v) is 8.30. The van der Waals surface area contributed by atoms with Crippen LogP contribution in [-0.4, -0.2) is 49.6 Å². The molecule has 1 amide bonds. The molecule has 1 aromatic heterocycles. The number of benzene rings is 2. The maximum Gasteiger partial charge on any atom is 0.277 e. The van der Waals surface area contributed by atoms with Crippen LogP contribution >= 0.6 is 0 Å². The number of amides is 1. The number of nitrogens with zero attached hydrogens (tertiary/aromatic N) is 2. The minimum absolute atomic E-state index is 0.0312. The van der Waals surface area contributed by atoms with E-state index in [9.17, 15) is 13.2 Å². The van der Waals surface area contributed by atoms with Gasteiger partial charge in [0.1, 0.15) is 13.2 Å². The Morgan fingerprint density at radius 3 is 2.60 bits per heavy atom. The van der Waals surface area contributed by atoms with Crippen molar-refractivity contribution in [2.75, 3.05) is 25.1 Å². The van der Waals surface area contributed by atoms with Gasteiger partial charge >= 0.3 is 0 Å². The third kappa shape index (κ3) is 4.76. The standard InChI is InChI=1S/C25H27N3O6S/c1-2-19-5-3-4-12-28(19)35(30,31)20-9-7-18(8-10-20)26-25(29)21-16-23(34-27-21)17-6-11-22-24(15-17)33-14-13-32-22/h6-11,15-16,19H,2-5,12-14H2,1H3,(H,26,29). The number of carbonyl (C=O) groups excluding carboxylic acids is 1. The summed E-state index contributed by atoms with van der Waals surface area (Å²) < 4.78 is 44.4. The van der Waals surface area contributed by atoms with Crippen LogP contribution in [0.5, 0.6) is 11.5 Å². The van der Waals surface area contributed by atoms with Crippen LogP contribution in [0.15, 0.2) is 57.9 Å². The first kappa shape index (κ1) is 23.4. The Bertz CT molecular complexity index is 1320. The molecule has 3 heterocycles. The minimum Gasteiger partial charge on any atom is -0.486 e. The van der Waals surface area contributed by atoms with Crippen LogP contribution in [-0.2, 0) is 10.0 Å². The van der Waals surface area contributed by atoms with Crippen molar-refractivity contribution in [3.63, 3.8) is 0 Å². The van der Waals surface area contributed by atoms with E-state index < -0.39 is 15.9 Å². The van der Waals surface area contributed by atoms with E-state index in [1.807, 2.05) is 6.92 Å². The first-order valence-corrected chi connectivity index (χ1v) is 13.2. The maximum absolute atomic E-state index is 13.1. The summed E-state index contributed by atoms with van der Waals surface area (Å²) in [6.45, 7) is 3.53. The molecule has 1 N–H and O–H groups in total. The van der Waals surface area contributed by atoms with Crippen molar-refractivity contribution in [1.29, 1.82) is 0 Å². The van der Waals surface area contributed by atoms with E-state index in [-0.39, 0.29) is 16.6 Å². The number of aromatic nitrogens is 1. The zero-order valence-corrected chi connectivity index (χ0v) is 20.2. The van der Waals surface area contributed by atoms with Crippen LogP contribution in [0.3, 0.4) is 0 Å². The van der Waals surface area contributed by atoms with Crippen LogP contribution in [0.25, 0.3) is 11.3 Å². The number of nitrogens with one attached hydrogen (secondary N) is 1. The Balaban J connectivity index is 1.27. The van der Waals surface area contributed by atoms with E-state index in [1.54, 1.807) is 40.7 Å². The van der Waals surface area contributed by atoms with Crippen LogP contribution < -0.4 is 14.8 Å². The van der Waals surface area contributed by atoms with Crippen LogP contribution in [0.4, 0.5) is 5.69 Å². The van der Waals surface area contributed by atoms with E-state index in [4.69, 9.17) is 14.0 Å². The monoisotopic (exact) mass is 497 g/mol. The van der Waals surface area contributed by atoms with Gasteiger partial charge in [0.05, 0.1) is 4.90 Å². The SMILES string of the molecule is CCC1CCCCN1S(=O)(=O)c1ccc(NC(=O)c2cc(-c3ccc4c(c3)OCCO4)on2)cc1. The van der Waals surface area contributed by atoms with Crippen molar-refractivity contribution in [2.24, 2.45) is 0 Å². The molecule has 2 aromatic carbocycles. The Morgan fingerprint density at radius 2 is 1.83 bits per heavy atom. The Labute approximate surface area is 204 Å². The molecule has 2 aliphatic rings. The molecule has 3 aromatic rings. The number of sulfonamides is 1. The quantitative estimate of drug-likeness (QED) is 0.540. The number of hydrogen-bond acceptors (Lipinski definition) is 7. The normalized spacial score (nSPS) is 18.3. The van der Waals surface area contributed by atoms with Crippen LogP contribution in [0.1, 0.15) is 43.1 Å². The molecule has 1 unspecified atom stereocenters. The highest BCUT2D eigenvalue weighted by molar-refractivity contribution is 7.89. The second-order valence-corrected chi connectivity index (χ2v) is 10.5. The fraction of sp³-hybridized carbons (Fsp3) is 0.360. The number of fused-ring (bicyclic) bond motifs is 1. The van der Waals surface area contributed by atoms with E-state index in [1.165, 1.54) is 12.1 Å².